The summed E-state index contributed by atoms with van der Waals surface area (Å²) in [5, 5.41) is 10.6. The van der Waals surface area contributed by atoms with Gasteiger partial charge in [-0.3, -0.25) is 4.79 Å². The molecule has 4 rings (SSSR count). The second-order valence-corrected chi connectivity index (χ2v) is 7.30. The van der Waals surface area contributed by atoms with Gasteiger partial charge in [0.2, 0.25) is 0 Å². The van der Waals surface area contributed by atoms with Crippen LogP contribution < -0.4 is 0 Å². The van der Waals surface area contributed by atoms with Crippen LogP contribution in [0.4, 0.5) is 0 Å². The third-order valence-corrected chi connectivity index (χ3v) is 5.29. The smallest absolute Gasteiger partial charge is 0.306 e. The van der Waals surface area contributed by atoms with E-state index in [0.29, 0.717) is 24.7 Å². The molecule has 108 valence electrons. The van der Waals surface area contributed by atoms with E-state index >= 15 is 0 Å². The van der Waals surface area contributed by atoms with Crippen molar-refractivity contribution < 1.29 is 14.6 Å². The van der Waals surface area contributed by atoms with Crippen LogP contribution in [0.3, 0.4) is 0 Å². The van der Waals surface area contributed by atoms with E-state index in [2.05, 4.69) is 6.92 Å². The molecule has 3 heteroatoms. The minimum absolute atomic E-state index is 0.0426. The number of aliphatic hydroxyl groups is 1. The van der Waals surface area contributed by atoms with E-state index in [9.17, 15) is 9.90 Å². The summed E-state index contributed by atoms with van der Waals surface area (Å²) in [6, 6.07) is 0. The van der Waals surface area contributed by atoms with Gasteiger partial charge in [0.15, 0.2) is 0 Å². The predicted octanol–water partition coefficient (Wildman–Crippen LogP) is 3.19. The summed E-state index contributed by atoms with van der Waals surface area (Å²) in [7, 11) is 0. The Balaban J connectivity index is 1.62. The fourth-order valence-corrected chi connectivity index (χ4v) is 5.06. The van der Waals surface area contributed by atoms with Crippen LogP contribution in [0.2, 0.25) is 0 Å². The average molecular weight is 266 g/mol. The molecule has 19 heavy (non-hydrogen) atoms. The molecule has 1 N–H and O–H groups in total. The number of unbranched alkanes of at least 4 members (excludes halogenated alkanes) is 2. The lowest BCUT2D eigenvalue weighted by Crippen LogP contribution is -2.60. The lowest BCUT2D eigenvalue weighted by Gasteiger charge is -2.59. The normalized spacial score (nSPS) is 43.5. The highest BCUT2D eigenvalue weighted by atomic mass is 16.6. The van der Waals surface area contributed by atoms with Gasteiger partial charge in [-0.2, -0.15) is 0 Å². The van der Waals surface area contributed by atoms with E-state index < -0.39 is 5.60 Å². The van der Waals surface area contributed by atoms with Gasteiger partial charge < -0.3 is 9.84 Å². The molecule has 0 aromatic carbocycles. The van der Waals surface area contributed by atoms with Crippen molar-refractivity contribution in [2.45, 2.75) is 82.3 Å². The molecule has 0 radical (unpaired) electrons. The van der Waals surface area contributed by atoms with Crippen molar-refractivity contribution in [3.05, 3.63) is 0 Å². The Morgan fingerprint density at radius 3 is 2.47 bits per heavy atom. The predicted molar refractivity (Wildman–Crippen MR) is 72.6 cm³/mol. The number of carbonyl (C=O) groups is 1. The van der Waals surface area contributed by atoms with Crippen LogP contribution >= 0.6 is 0 Å². The number of carbonyl (C=O) groups excluding carboxylic acids is 1. The summed E-state index contributed by atoms with van der Waals surface area (Å²) in [6.07, 6.45) is 9.46. The van der Waals surface area contributed by atoms with Gasteiger partial charge >= 0.3 is 5.97 Å². The lowest BCUT2D eigenvalue weighted by atomic mass is 9.52. The number of ether oxygens (including phenoxy) is 1. The molecule has 0 aliphatic heterocycles. The summed E-state index contributed by atoms with van der Waals surface area (Å²) < 4.78 is 5.86. The Morgan fingerprint density at radius 1 is 1.21 bits per heavy atom. The monoisotopic (exact) mass is 266 g/mol. The van der Waals surface area contributed by atoms with Crippen molar-refractivity contribution in [1.82, 2.24) is 0 Å². The molecule has 4 aliphatic carbocycles. The number of hydrogen-bond donors (Lipinski definition) is 1. The Labute approximate surface area is 115 Å². The largest absolute Gasteiger partial charge is 0.459 e. The average Bonchev–Trinajstić information content (AvgIpc) is 2.24. The van der Waals surface area contributed by atoms with Crippen molar-refractivity contribution in [2.24, 2.45) is 11.8 Å². The topological polar surface area (TPSA) is 46.5 Å². The zero-order valence-corrected chi connectivity index (χ0v) is 12.0. The highest BCUT2D eigenvalue weighted by Crippen LogP contribution is 2.58. The molecule has 4 fully saturated rings. The fourth-order valence-electron chi connectivity index (χ4n) is 5.06. The molecule has 0 amide bonds. The van der Waals surface area contributed by atoms with Crippen LogP contribution in [0.1, 0.15) is 71.1 Å². The Kier molecular flexibility index (Phi) is 3.36. The molecule has 4 saturated carbocycles. The van der Waals surface area contributed by atoms with Crippen molar-refractivity contribution in [3.8, 4) is 0 Å². The first-order chi connectivity index (χ1) is 9.03. The number of esters is 1. The van der Waals surface area contributed by atoms with Crippen LogP contribution in [-0.4, -0.2) is 22.3 Å². The van der Waals surface area contributed by atoms with Gasteiger partial charge in [-0.1, -0.05) is 19.8 Å². The SMILES string of the molecule is CCCCCC(=O)OC12CC3CC(CC(O)(C3)C1)C2. The Hall–Kier alpha value is -0.570. The van der Waals surface area contributed by atoms with Crippen LogP contribution in [0.5, 0.6) is 0 Å². The van der Waals surface area contributed by atoms with Crippen molar-refractivity contribution in [2.75, 3.05) is 0 Å². The van der Waals surface area contributed by atoms with Gasteiger partial charge in [-0.25, -0.2) is 0 Å². The van der Waals surface area contributed by atoms with Crippen LogP contribution in [-0.2, 0) is 9.53 Å². The molecule has 2 atom stereocenters. The van der Waals surface area contributed by atoms with Gasteiger partial charge in [0, 0.05) is 12.8 Å². The molecule has 0 heterocycles. The minimum Gasteiger partial charge on any atom is -0.459 e. The van der Waals surface area contributed by atoms with E-state index in [1.54, 1.807) is 0 Å². The summed E-state index contributed by atoms with van der Waals surface area (Å²) in [5.41, 5.74) is -0.851. The minimum atomic E-state index is -0.534. The van der Waals surface area contributed by atoms with Crippen molar-refractivity contribution in [1.29, 1.82) is 0 Å². The first-order valence-electron chi connectivity index (χ1n) is 7.97. The van der Waals surface area contributed by atoms with Crippen molar-refractivity contribution in [3.63, 3.8) is 0 Å². The van der Waals surface area contributed by atoms with Crippen LogP contribution in [0.15, 0.2) is 0 Å². The van der Waals surface area contributed by atoms with Gasteiger partial charge in [0.1, 0.15) is 5.60 Å². The van der Waals surface area contributed by atoms with Gasteiger partial charge in [-0.15, -0.1) is 0 Å². The molecule has 0 aromatic rings. The third-order valence-electron chi connectivity index (χ3n) is 5.29. The Morgan fingerprint density at radius 2 is 1.89 bits per heavy atom. The standard InChI is InChI=1S/C16H26O3/c1-2-3-4-5-14(17)19-16-9-12-6-13(10-16)8-15(18,7-12)11-16/h12-13,18H,2-11H2,1H3. The first kappa shape index (κ1) is 13.4. The van der Waals surface area contributed by atoms with E-state index in [-0.39, 0.29) is 11.6 Å². The molecule has 0 saturated heterocycles. The van der Waals surface area contributed by atoms with Crippen LogP contribution in [0.25, 0.3) is 0 Å². The molecule has 0 aromatic heterocycles. The third kappa shape index (κ3) is 2.67. The highest BCUT2D eigenvalue weighted by molar-refractivity contribution is 5.70. The van der Waals surface area contributed by atoms with Gasteiger partial charge in [0.25, 0.3) is 0 Å². The second-order valence-electron chi connectivity index (χ2n) is 7.30. The fraction of sp³-hybridized carbons (Fsp3) is 0.938. The zero-order chi connectivity index (χ0) is 13.5. The van der Waals surface area contributed by atoms with E-state index in [0.717, 1.165) is 44.9 Å². The quantitative estimate of drug-likeness (QED) is 0.614. The first-order valence-corrected chi connectivity index (χ1v) is 7.97. The number of rotatable bonds is 5. The van der Waals surface area contributed by atoms with Crippen LogP contribution in [0, 0.1) is 11.8 Å². The maximum absolute atomic E-state index is 12.0. The second kappa shape index (κ2) is 4.76. The van der Waals surface area contributed by atoms with E-state index in [1.165, 1.54) is 6.42 Å². The summed E-state index contributed by atoms with van der Waals surface area (Å²) in [6.45, 7) is 2.14. The molecule has 2 unspecified atom stereocenters. The molecule has 3 nitrogen and oxygen atoms in total. The highest BCUT2D eigenvalue weighted by Gasteiger charge is 2.59. The van der Waals surface area contributed by atoms with E-state index in [1.807, 2.05) is 0 Å². The van der Waals surface area contributed by atoms with Gasteiger partial charge in [0.05, 0.1) is 5.60 Å². The van der Waals surface area contributed by atoms with Gasteiger partial charge in [-0.05, 0) is 50.4 Å². The summed E-state index contributed by atoms with van der Waals surface area (Å²) in [5.74, 6) is 1.11. The zero-order valence-electron chi connectivity index (χ0n) is 12.0. The molecule has 4 bridgehead atoms. The lowest BCUT2D eigenvalue weighted by molar-refractivity contribution is -0.219. The molecular weight excluding hydrogens is 240 g/mol. The Bertz CT molecular complexity index is 349. The molecular formula is C16H26O3. The maximum atomic E-state index is 12.0. The molecule has 4 aliphatic rings. The number of hydrogen-bond acceptors (Lipinski definition) is 3. The molecule has 0 spiro atoms. The maximum Gasteiger partial charge on any atom is 0.306 e. The summed E-state index contributed by atoms with van der Waals surface area (Å²) in [4.78, 5) is 12.0. The summed E-state index contributed by atoms with van der Waals surface area (Å²) >= 11 is 0. The van der Waals surface area contributed by atoms with Crippen molar-refractivity contribution >= 4 is 5.97 Å². The van der Waals surface area contributed by atoms with E-state index in [4.69, 9.17) is 4.74 Å².